The van der Waals surface area contributed by atoms with Crippen molar-refractivity contribution in [1.82, 2.24) is 29.9 Å². The van der Waals surface area contributed by atoms with Crippen molar-refractivity contribution in [2.24, 2.45) is 0 Å². The summed E-state index contributed by atoms with van der Waals surface area (Å²) < 4.78 is 13.1. The Bertz CT molecular complexity index is 1000. The highest BCUT2D eigenvalue weighted by molar-refractivity contribution is 5.78. The molecule has 0 fully saturated rings. The normalized spacial score (nSPS) is 10.5. The molecular weight excluding hydrogens is 364 g/mol. The lowest BCUT2D eigenvalue weighted by Crippen LogP contribution is -2.33. The maximum atomic E-state index is 12.2. The minimum Gasteiger partial charge on any atom is -0.493 e. The fourth-order valence-corrected chi connectivity index (χ4v) is 2.59. The molecule has 1 amide bonds. The molecule has 0 unspecified atom stereocenters. The van der Waals surface area contributed by atoms with Crippen LogP contribution in [0.4, 0.5) is 0 Å². The second-order valence-electron chi connectivity index (χ2n) is 5.81. The lowest BCUT2D eigenvalue weighted by Gasteiger charge is -2.10. The first kappa shape index (κ1) is 19.1. The van der Waals surface area contributed by atoms with Crippen molar-refractivity contribution in [3.8, 4) is 17.3 Å². The summed E-state index contributed by atoms with van der Waals surface area (Å²) in [6.07, 6.45) is 3.05. The number of hydrogen-bond donors (Lipinski definition) is 1. The smallest absolute Gasteiger partial charge is 0.266 e. The molecule has 0 aliphatic rings. The van der Waals surface area contributed by atoms with Crippen LogP contribution in [0.2, 0.25) is 0 Å². The number of rotatable bonds is 8. The van der Waals surface area contributed by atoms with Crippen molar-refractivity contribution in [2.45, 2.75) is 13.0 Å². The molecule has 10 heteroatoms. The summed E-state index contributed by atoms with van der Waals surface area (Å²) >= 11 is 0. The zero-order valence-corrected chi connectivity index (χ0v) is 15.5. The van der Waals surface area contributed by atoms with Crippen molar-refractivity contribution in [3.63, 3.8) is 0 Å². The lowest BCUT2D eigenvalue weighted by atomic mass is 10.1. The number of amides is 1. The number of ether oxygens (including phenoxy) is 2. The SMILES string of the molecule is COc1ccc(CC(=O)NCCn2nc(-n3cncn3)ccc2=O)cc1OC. The third-order valence-corrected chi connectivity index (χ3v) is 3.96. The van der Waals surface area contributed by atoms with Crippen LogP contribution in [0.3, 0.4) is 0 Å². The average Bonchev–Trinajstić information content (AvgIpc) is 3.24. The van der Waals surface area contributed by atoms with Gasteiger partial charge < -0.3 is 14.8 Å². The van der Waals surface area contributed by atoms with E-state index in [0.29, 0.717) is 17.3 Å². The van der Waals surface area contributed by atoms with E-state index < -0.39 is 0 Å². The molecule has 3 aromatic rings. The van der Waals surface area contributed by atoms with Crippen LogP contribution in [-0.4, -0.2) is 51.2 Å². The average molecular weight is 384 g/mol. The number of benzene rings is 1. The van der Waals surface area contributed by atoms with Crippen LogP contribution in [0.1, 0.15) is 5.56 Å². The number of carbonyl (C=O) groups is 1. The summed E-state index contributed by atoms with van der Waals surface area (Å²) in [4.78, 5) is 28.0. The topological polar surface area (TPSA) is 113 Å². The van der Waals surface area contributed by atoms with E-state index in [0.717, 1.165) is 5.56 Å². The van der Waals surface area contributed by atoms with E-state index in [4.69, 9.17) is 9.47 Å². The van der Waals surface area contributed by atoms with Crippen LogP contribution < -0.4 is 20.3 Å². The highest BCUT2D eigenvalue weighted by Gasteiger charge is 2.09. The first-order valence-corrected chi connectivity index (χ1v) is 8.51. The molecule has 0 saturated heterocycles. The van der Waals surface area contributed by atoms with E-state index >= 15 is 0 Å². The summed E-state index contributed by atoms with van der Waals surface area (Å²) in [6, 6.07) is 8.26. The number of carbonyl (C=O) groups excluding carboxylic acids is 1. The van der Waals surface area contributed by atoms with Crippen molar-refractivity contribution >= 4 is 5.91 Å². The van der Waals surface area contributed by atoms with E-state index in [9.17, 15) is 9.59 Å². The predicted octanol–water partition coefficient (Wildman–Crippen LogP) is 0.200. The maximum Gasteiger partial charge on any atom is 0.266 e. The molecule has 3 rings (SSSR count). The minimum atomic E-state index is -0.266. The van der Waals surface area contributed by atoms with E-state index in [1.165, 1.54) is 28.1 Å². The molecule has 0 saturated carbocycles. The summed E-state index contributed by atoms with van der Waals surface area (Å²) in [5.41, 5.74) is 0.525. The molecule has 10 nitrogen and oxygen atoms in total. The molecule has 28 heavy (non-hydrogen) atoms. The molecule has 0 atom stereocenters. The highest BCUT2D eigenvalue weighted by Crippen LogP contribution is 2.27. The summed E-state index contributed by atoms with van der Waals surface area (Å²) in [5.74, 6) is 1.46. The molecule has 0 aliphatic heterocycles. The van der Waals surface area contributed by atoms with Gasteiger partial charge in [0.05, 0.1) is 27.2 Å². The third kappa shape index (κ3) is 4.53. The van der Waals surface area contributed by atoms with Crippen LogP contribution in [0, 0.1) is 0 Å². The standard InChI is InChI=1S/C18H20N6O4/c1-27-14-4-3-13(9-15(14)28-2)10-17(25)20-7-8-23-18(26)6-5-16(22-23)24-12-19-11-21-24/h3-6,9,11-12H,7-8,10H2,1-2H3,(H,20,25). The summed E-state index contributed by atoms with van der Waals surface area (Å²) in [5, 5.41) is 11.0. The Hall–Kier alpha value is -3.69. The van der Waals surface area contributed by atoms with Crippen LogP contribution in [0.5, 0.6) is 11.5 Å². The summed E-state index contributed by atoms with van der Waals surface area (Å²) in [7, 11) is 3.10. The van der Waals surface area contributed by atoms with E-state index in [-0.39, 0.29) is 31.0 Å². The number of aromatic nitrogens is 5. The van der Waals surface area contributed by atoms with E-state index in [1.807, 2.05) is 0 Å². The van der Waals surface area contributed by atoms with Crippen LogP contribution >= 0.6 is 0 Å². The van der Waals surface area contributed by atoms with Crippen LogP contribution in [-0.2, 0) is 17.8 Å². The number of nitrogens with zero attached hydrogens (tertiary/aromatic N) is 5. The molecule has 0 aliphatic carbocycles. The van der Waals surface area contributed by atoms with Crippen molar-refractivity contribution in [3.05, 3.63) is 58.9 Å². The van der Waals surface area contributed by atoms with Gasteiger partial charge in [0.25, 0.3) is 5.56 Å². The Morgan fingerprint density at radius 2 is 1.96 bits per heavy atom. The van der Waals surface area contributed by atoms with Crippen molar-refractivity contribution in [2.75, 3.05) is 20.8 Å². The molecule has 1 aromatic carbocycles. The van der Waals surface area contributed by atoms with Gasteiger partial charge in [0.1, 0.15) is 12.7 Å². The molecule has 1 N–H and O–H groups in total. The lowest BCUT2D eigenvalue weighted by molar-refractivity contribution is -0.120. The minimum absolute atomic E-state index is 0.173. The Morgan fingerprint density at radius 1 is 1.14 bits per heavy atom. The van der Waals surface area contributed by atoms with Gasteiger partial charge in [-0.15, -0.1) is 5.10 Å². The van der Waals surface area contributed by atoms with Gasteiger partial charge in [-0.25, -0.2) is 14.3 Å². The van der Waals surface area contributed by atoms with E-state index in [1.54, 1.807) is 38.5 Å². The Morgan fingerprint density at radius 3 is 2.68 bits per heavy atom. The van der Waals surface area contributed by atoms with Crippen molar-refractivity contribution in [1.29, 1.82) is 0 Å². The molecule has 0 bridgehead atoms. The van der Waals surface area contributed by atoms with Crippen molar-refractivity contribution < 1.29 is 14.3 Å². The quantitative estimate of drug-likeness (QED) is 0.590. The number of hydrogen-bond acceptors (Lipinski definition) is 7. The molecule has 0 spiro atoms. The predicted molar refractivity (Wildman–Crippen MR) is 99.7 cm³/mol. The Balaban J connectivity index is 1.57. The third-order valence-electron chi connectivity index (χ3n) is 3.96. The molecule has 0 radical (unpaired) electrons. The van der Waals surface area contributed by atoms with Gasteiger partial charge in [0, 0.05) is 12.6 Å². The monoisotopic (exact) mass is 384 g/mol. The number of nitrogens with one attached hydrogen (secondary N) is 1. The second kappa shape index (κ2) is 8.80. The second-order valence-corrected chi connectivity index (χ2v) is 5.81. The van der Waals surface area contributed by atoms with Gasteiger partial charge in [-0.1, -0.05) is 6.07 Å². The summed E-state index contributed by atoms with van der Waals surface area (Å²) in [6.45, 7) is 0.499. The fraction of sp³-hybridized carbons (Fsp3) is 0.278. The molecule has 146 valence electrons. The number of methoxy groups -OCH3 is 2. The Kier molecular flexibility index (Phi) is 6.00. The zero-order chi connectivity index (χ0) is 19.9. The van der Waals surface area contributed by atoms with Crippen LogP contribution in [0.15, 0.2) is 47.8 Å². The molecule has 2 aromatic heterocycles. The fourth-order valence-electron chi connectivity index (χ4n) is 2.59. The Labute approximate surface area is 160 Å². The first-order chi connectivity index (χ1) is 13.6. The molecule has 2 heterocycles. The van der Waals surface area contributed by atoms with Gasteiger partial charge >= 0.3 is 0 Å². The maximum absolute atomic E-state index is 12.2. The van der Waals surface area contributed by atoms with Gasteiger partial charge in [0.15, 0.2) is 17.3 Å². The first-order valence-electron chi connectivity index (χ1n) is 8.51. The zero-order valence-electron chi connectivity index (χ0n) is 15.5. The van der Waals surface area contributed by atoms with E-state index in [2.05, 4.69) is 20.5 Å². The molecular formula is C18H20N6O4. The van der Waals surface area contributed by atoms with Gasteiger partial charge in [-0.05, 0) is 23.8 Å². The van der Waals surface area contributed by atoms with Gasteiger partial charge in [-0.3, -0.25) is 9.59 Å². The van der Waals surface area contributed by atoms with Crippen LogP contribution in [0.25, 0.3) is 5.82 Å². The largest absolute Gasteiger partial charge is 0.493 e. The highest BCUT2D eigenvalue weighted by atomic mass is 16.5. The van der Waals surface area contributed by atoms with Gasteiger partial charge in [0.2, 0.25) is 5.91 Å². The van der Waals surface area contributed by atoms with Gasteiger partial charge in [-0.2, -0.15) is 5.10 Å².